The van der Waals surface area contributed by atoms with Crippen molar-refractivity contribution in [1.29, 1.82) is 0 Å². The van der Waals surface area contributed by atoms with Crippen LogP contribution >= 0.6 is 0 Å². The number of amides is 6. The summed E-state index contributed by atoms with van der Waals surface area (Å²) in [5, 5.41) is 51.9. The highest BCUT2D eigenvalue weighted by molar-refractivity contribution is 5.97. The highest BCUT2D eigenvalue weighted by atomic mass is 16.7. The summed E-state index contributed by atoms with van der Waals surface area (Å²) >= 11 is 0. The number of nitrogens with zero attached hydrogens (tertiary/aromatic N) is 5. The molecule has 0 spiro atoms. The Kier molecular flexibility index (Phi) is 19.0. The Balaban J connectivity index is 1.63. The minimum Gasteiger partial charge on any atom is -0.464 e. The van der Waals surface area contributed by atoms with Crippen LogP contribution in [0.4, 0.5) is 0 Å². The lowest BCUT2D eigenvalue weighted by Crippen LogP contribution is -2.70. The number of fused-ring (bicyclic) bond motifs is 3. The number of esters is 2. The van der Waals surface area contributed by atoms with Crippen LogP contribution in [-0.2, 0) is 57.3 Å². The molecule has 7 N–H and O–H groups in total. The third kappa shape index (κ3) is 12.3. The minimum atomic E-state index is -2.76. The van der Waals surface area contributed by atoms with Crippen LogP contribution in [0.2, 0.25) is 0 Å². The zero-order valence-electron chi connectivity index (χ0n) is 42.9. The molecule has 0 saturated carbocycles. The van der Waals surface area contributed by atoms with Gasteiger partial charge < -0.3 is 39.4 Å². The van der Waals surface area contributed by atoms with Crippen LogP contribution in [0.15, 0.2) is 0 Å². The molecule has 5 rings (SSSR count). The number of rotatable bonds is 12. The van der Waals surface area contributed by atoms with E-state index >= 15 is 4.79 Å². The molecule has 24 heteroatoms. The van der Waals surface area contributed by atoms with Crippen LogP contribution in [0.25, 0.3) is 0 Å². The number of hydrogen-bond donors (Lipinski definition) is 7. The van der Waals surface area contributed by atoms with E-state index in [1.54, 1.807) is 6.92 Å². The first-order valence-corrected chi connectivity index (χ1v) is 25.1. The van der Waals surface area contributed by atoms with Gasteiger partial charge in [-0.15, -0.1) is 0 Å². The first-order valence-electron chi connectivity index (χ1n) is 25.1. The SMILES string of the molecule is CCOC(=O)COC1(C)CCN2C(=O)C3CCCNN3C(=O)CN(O)C(=O)C3CCCNN3C(=O)C(NC(=O)C(C)(O)C3(O)CCC(CC(C)C)C(CC)O3)C(C(C)C)OC(=O)C(C(C)C)N(O)C(=O)C21. The standard InChI is InChI=1S/C47H78N8O16/c1-11-32-29(23-26(3)4)17-18-47(65,71-32)46(10,64)44(63)50-35-37(28(7)8)70-43(62)36(27(5)6)55(67)42(61)38-45(9,69-25-34(57)68-12-2)19-22-51(38)39(58)30-15-13-20-48-53(30)33(56)24-52(66)40(59)31-16-14-21-49-54(31)41(35)60/h26-32,35-38,48-49,64-67H,11-25H2,1-10H3,(H,50,63). The molecule has 24 nitrogen and oxygen atoms in total. The fourth-order valence-electron chi connectivity index (χ4n) is 10.4. The van der Waals surface area contributed by atoms with Gasteiger partial charge in [0, 0.05) is 26.1 Å². The van der Waals surface area contributed by atoms with Gasteiger partial charge in [0.2, 0.25) is 11.7 Å². The Hall–Kier alpha value is -4.56. The molecule has 11 atom stereocenters. The molecular formula is C47H78N8O16. The molecule has 0 bridgehead atoms. The molecule has 0 aromatic carbocycles. The van der Waals surface area contributed by atoms with E-state index in [2.05, 4.69) is 16.2 Å². The average molecular weight is 1010 g/mol. The first kappa shape index (κ1) is 57.3. The lowest BCUT2D eigenvalue weighted by atomic mass is 9.78. The van der Waals surface area contributed by atoms with Crippen molar-refractivity contribution in [3.05, 3.63) is 0 Å². The van der Waals surface area contributed by atoms with Crippen LogP contribution < -0.4 is 16.2 Å². The molecule has 402 valence electrons. The topological polar surface area (TPSA) is 307 Å². The quantitative estimate of drug-likeness (QED) is 0.101. The van der Waals surface area contributed by atoms with Gasteiger partial charge in [0.25, 0.3) is 29.5 Å². The molecular weight excluding hydrogens is 933 g/mol. The van der Waals surface area contributed by atoms with Gasteiger partial charge in [-0.2, -0.15) is 0 Å². The lowest BCUT2D eigenvalue weighted by molar-refractivity contribution is -0.329. The van der Waals surface area contributed by atoms with Gasteiger partial charge in [-0.1, -0.05) is 48.5 Å². The fraction of sp³-hybridized carbons (Fsp3) is 0.830. The zero-order chi connectivity index (χ0) is 52.9. The highest BCUT2D eigenvalue weighted by Gasteiger charge is 2.59. The van der Waals surface area contributed by atoms with E-state index in [0.717, 1.165) is 28.3 Å². The molecule has 0 radical (unpaired) electrons. The van der Waals surface area contributed by atoms with Crippen molar-refractivity contribution in [2.24, 2.45) is 23.7 Å². The number of nitrogens with one attached hydrogen (secondary N) is 3. The monoisotopic (exact) mass is 1010 g/mol. The Bertz CT molecular complexity index is 1970. The van der Waals surface area contributed by atoms with E-state index in [4.69, 9.17) is 18.9 Å². The Morgan fingerprint density at radius 1 is 0.873 bits per heavy atom. The second kappa shape index (κ2) is 23.5. The molecule has 71 heavy (non-hydrogen) atoms. The molecule has 0 aromatic heterocycles. The summed E-state index contributed by atoms with van der Waals surface area (Å²) in [6, 6.07) is -8.45. The number of carbonyl (C=O) groups excluding carboxylic acids is 8. The normalized spacial score (nSPS) is 33.0. The lowest BCUT2D eigenvalue weighted by Gasteiger charge is -2.48. The van der Waals surface area contributed by atoms with Crippen molar-refractivity contribution in [1.82, 2.24) is 41.2 Å². The largest absolute Gasteiger partial charge is 0.464 e. The number of carbonyl (C=O) groups is 8. The average Bonchev–Trinajstić information content (AvgIpc) is 3.67. The van der Waals surface area contributed by atoms with Crippen LogP contribution in [-0.4, -0.2) is 192 Å². The molecule has 0 aromatic rings. The van der Waals surface area contributed by atoms with E-state index in [9.17, 15) is 54.2 Å². The maximum absolute atomic E-state index is 15.2. The van der Waals surface area contributed by atoms with Crippen molar-refractivity contribution in [3.63, 3.8) is 0 Å². The first-order chi connectivity index (χ1) is 33.2. The summed E-state index contributed by atoms with van der Waals surface area (Å²) in [6.07, 6.45) is -0.256. The summed E-state index contributed by atoms with van der Waals surface area (Å²) in [6.45, 7) is 14.5. The van der Waals surface area contributed by atoms with E-state index in [1.165, 1.54) is 34.6 Å². The number of hydroxylamine groups is 4. The molecule has 11 unspecified atom stereocenters. The minimum absolute atomic E-state index is 0.00475. The zero-order valence-corrected chi connectivity index (χ0v) is 42.9. The van der Waals surface area contributed by atoms with E-state index in [0.29, 0.717) is 19.3 Å². The smallest absolute Gasteiger partial charge is 0.332 e. The van der Waals surface area contributed by atoms with E-state index in [1.807, 2.05) is 20.8 Å². The van der Waals surface area contributed by atoms with Gasteiger partial charge in [-0.25, -0.2) is 30.6 Å². The van der Waals surface area contributed by atoms with Gasteiger partial charge >= 0.3 is 11.9 Å². The van der Waals surface area contributed by atoms with Gasteiger partial charge in [0.1, 0.15) is 43.4 Å². The van der Waals surface area contributed by atoms with E-state index in [-0.39, 0.29) is 80.3 Å². The summed E-state index contributed by atoms with van der Waals surface area (Å²) in [5.41, 5.74) is 1.22. The highest BCUT2D eigenvalue weighted by Crippen LogP contribution is 2.42. The third-order valence-corrected chi connectivity index (χ3v) is 14.5. The summed E-state index contributed by atoms with van der Waals surface area (Å²) < 4.78 is 23.3. The van der Waals surface area contributed by atoms with Gasteiger partial charge in [-0.05, 0) is 95.8 Å². The third-order valence-electron chi connectivity index (χ3n) is 14.5. The van der Waals surface area contributed by atoms with Crippen molar-refractivity contribution >= 4 is 47.4 Å². The van der Waals surface area contributed by atoms with Crippen LogP contribution in [0.5, 0.6) is 0 Å². The molecule has 5 aliphatic heterocycles. The molecule has 5 aliphatic rings. The number of hydrazine groups is 2. The van der Waals surface area contributed by atoms with Crippen molar-refractivity contribution in [2.45, 2.75) is 186 Å². The molecule has 5 fully saturated rings. The summed E-state index contributed by atoms with van der Waals surface area (Å²) in [5.74, 6) is -12.6. The van der Waals surface area contributed by atoms with Gasteiger partial charge in [0.05, 0.1) is 18.3 Å². The van der Waals surface area contributed by atoms with Crippen LogP contribution in [0, 0.1) is 23.7 Å². The van der Waals surface area contributed by atoms with Crippen molar-refractivity contribution < 1.29 is 77.9 Å². The van der Waals surface area contributed by atoms with Crippen molar-refractivity contribution in [2.75, 3.05) is 39.4 Å². The van der Waals surface area contributed by atoms with Crippen LogP contribution in [0.3, 0.4) is 0 Å². The predicted molar refractivity (Wildman–Crippen MR) is 247 cm³/mol. The maximum atomic E-state index is 15.2. The second-order valence-corrected chi connectivity index (χ2v) is 20.9. The second-order valence-electron chi connectivity index (χ2n) is 20.9. The van der Waals surface area contributed by atoms with Gasteiger partial charge in [-0.3, -0.25) is 49.2 Å². The maximum Gasteiger partial charge on any atom is 0.332 e. The Labute approximate surface area is 415 Å². The van der Waals surface area contributed by atoms with Gasteiger partial charge in [0.15, 0.2) is 11.6 Å². The number of cyclic esters (lactones) is 1. The van der Waals surface area contributed by atoms with E-state index < -0.39 is 132 Å². The molecule has 6 amide bonds. The van der Waals surface area contributed by atoms with Crippen LogP contribution in [0.1, 0.15) is 127 Å². The predicted octanol–water partition coefficient (Wildman–Crippen LogP) is 0.134. The molecule has 5 saturated heterocycles. The van der Waals surface area contributed by atoms with Crippen molar-refractivity contribution in [3.8, 4) is 0 Å². The fourth-order valence-corrected chi connectivity index (χ4v) is 10.4. The Morgan fingerprint density at radius 2 is 1.49 bits per heavy atom. The summed E-state index contributed by atoms with van der Waals surface area (Å²) in [7, 11) is 0. The number of ether oxygens (including phenoxy) is 4. The number of aliphatic hydroxyl groups is 2. The molecule has 5 heterocycles. The molecule has 0 aliphatic carbocycles. The summed E-state index contributed by atoms with van der Waals surface area (Å²) in [4.78, 5) is 116. The Morgan fingerprint density at radius 3 is 2.07 bits per heavy atom. The number of hydrogen-bond acceptors (Lipinski definition) is 18.